The van der Waals surface area contributed by atoms with Gasteiger partial charge in [0.2, 0.25) is 0 Å². The van der Waals surface area contributed by atoms with E-state index in [1.54, 1.807) is 23.6 Å². The van der Waals surface area contributed by atoms with E-state index in [-0.39, 0.29) is 5.82 Å². The summed E-state index contributed by atoms with van der Waals surface area (Å²) in [6.07, 6.45) is 0.383. The topological polar surface area (TPSA) is 62.7 Å². The molecule has 3 aromatic rings. The van der Waals surface area contributed by atoms with Gasteiger partial charge >= 0.3 is 0 Å². The molecule has 2 heterocycles. The lowest BCUT2D eigenvalue weighted by Gasteiger charge is -1.95. The summed E-state index contributed by atoms with van der Waals surface area (Å²) in [5.41, 5.74) is 1.28. The van der Waals surface area contributed by atoms with Gasteiger partial charge in [-0.3, -0.25) is 0 Å². The van der Waals surface area contributed by atoms with E-state index in [1.165, 1.54) is 23.5 Å². The fraction of sp³-hybridized carbons (Fsp3) is 0.0714. The van der Waals surface area contributed by atoms with Crippen LogP contribution in [0.15, 0.2) is 40.2 Å². The third-order valence-electron chi connectivity index (χ3n) is 2.70. The smallest absolute Gasteiger partial charge is 0.269 e. The molecule has 0 fully saturated rings. The largest absolute Gasteiger partial charge is 0.333 e. The fourth-order valence-electron chi connectivity index (χ4n) is 1.81. The van der Waals surface area contributed by atoms with Crippen molar-refractivity contribution in [3.63, 3.8) is 0 Å². The molecule has 0 N–H and O–H groups in total. The van der Waals surface area contributed by atoms with E-state index < -0.39 is 0 Å². The monoisotopic (exact) mass is 285 g/mol. The zero-order valence-corrected chi connectivity index (χ0v) is 11.0. The minimum Gasteiger partial charge on any atom is -0.333 e. The van der Waals surface area contributed by atoms with Crippen LogP contribution in [-0.4, -0.2) is 10.1 Å². The summed E-state index contributed by atoms with van der Waals surface area (Å²) in [7, 11) is 0. The van der Waals surface area contributed by atoms with Crippen LogP contribution in [-0.2, 0) is 6.42 Å². The predicted octanol–water partition coefficient (Wildman–Crippen LogP) is 3.40. The minimum atomic E-state index is -0.295. The van der Waals surface area contributed by atoms with Crippen LogP contribution in [0.3, 0.4) is 0 Å². The van der Waals surface area contributed by atoms with Crippen LogP contribution in [0, 0.1) is 17.1 Å². The predicted molar refractivity (Wildman–Crippen MR) is 71.5 cm³/mol. The van der Waals surface area contributed by atoms with Crippen molar-refractivity contribution >= 4 is 11.3 Å². The van der Waals surface area contributed by atoms with Crippen molar-refractivity contribution < 1.29 is 8.91 Å². The zero-order valence-electron chi connectivity index (χ0n) is 10.2. The Bertz CT molecular complexity index is 788. The average Bonchev–Trinajstić information content (AvgIpc) is 3.06. The second-order valence-electron chi connectivity index (χ2n) is 4.10. The summed E-state index contributed by atoms with van der Waals surface area (Å²) in [4.78, 5) is 4.90. The summed E-state index contributed by atoms with van der Waals surface area (Å²) in [5, 5.41) is 14.6. The van der Waals surface area contributed by atoms with Gasteiger partial charge in [0.15, 0.2) is 5.82 Å². The average molecular weight is 285 g/mol. The lowest BCUT2D eigenvalue weighted by Crippen LogP contribution is -1.91. The number of nitrogens with zero attached hydrogens (tertiary/aromatic N) is 3. The van der Waals surface area contributed by atoms with Crippen LogP contribution in [0.1, 0.15) is 17.0 Å². The third-order valence-corrected chi connectivity index (χ3v) is 3.60. The van der Waals surface area contributed by atoms with Crippen molar-refractivity contribution in [1.82, 2.24) is 10.1 Å². The van der Waals surface area contributed by atoms with Gasteiger partial charge in [-0.2, -0.15) is 10.2 Å². The standard InChI is InChI=1S/C14H8FN3OS/c15-11-3-1-2-9(6-11)7-12-17-14(19-18-12)13-10(8-16)4-5-20-13/h1-6H,7H2. The molecule has 6 heteroatoms. The lowest BCUT2D eigenvalue weighted by molar-refractivity contribution is 0.424. The molecule has 98 valence electrons. The van der Waals surface area contributed by atoms with Crippen molar-refractivity contribution in [2.75, 3.05) is 0 Å². The molecule has 0 radical (unpaired) electrons. The Balaban J connectivity index is 1.86. The van der Waals surface area contributed by atoms with Crippen LogP contribution >= 0.6 is 11.3 Å². The quantitative estimate of drug-likeness (QED) is 0.740. The molecule has 4 nitrogen and oxygen atoms in total. The van der Waals surface area contributed by atoms with Crippen LogP contribution in [0.5, 0.6) is 0 Å². The Morgan fingerprint density at radius 2 is 2.25 bits per heavy atom. The van der Waals surface area contributed by atoms with Gasteiger partial charge in [0.1, 0.15) is 16.8 Å². The van der Waals surface area contributed by atoms with Gasteiger partial charge in [0, 0.05) is 6.42 Å². The van der Waals surface area contributed by atoms with Gasteiger partial charge in [-0.15, -0.1) is 11.3 Å². The van der Waals surface area contributed by atoms with Crippen LogP contribution < -0.4 is 0 Å². The van der Waals surface area contributed by atoms with Gasteiger partial charge in [0.25, 0.3) is 5.89 Å². The number of hydrogen-bond acceptors (Lipinski definition) is 5. The Morgan fingerprint density at radius 3 is 3.05 bits per heavy atom. The van der Waals surface area contributed by atoms with E-state index in [0.717, 1.165) is 5.56 Å². The van der Waals surface area contributed by atoms with E-state index in [4.69, 9.17) is 9.78 Å². The molecule has 0 aliphatic carbocycles. The molecule has 3 rings (SSSR count). The number of rotatable bonds is 3. The van der Waals surface area contributed by atoms with Gasteiger partial charge in [-0.25, -0.2) is 4.39 Å². The van der Waals surface area contributed by atoms with Crippen molar-refractivity contribution in [1.29, 1.82) is 5.26 Å². The molecule has 0 unspecified atom stereocenters. The van der Waals surface area contributed by atoms with Crippen molar-refractivity contribution in [2.45, 2.75) is 6.42 Å². The van der Waals surface area contributed by atoms with E-state index in [1.807, 2.05) is 0 Å². The molecule has 1 aromatic carbocycles. The molecule has 0 spiro atoms. The molecule has 0 saturated heterocycles. The molecule has 0 atom stereocenters. The van der Waals surface area contributed by atoms with E-state index in [9.17, 15) is 4.39 Å². The molecule has 20 heavy (non-hydrogen) atoms. The Kier molecular flexibility index (Phi) is 3.27. The number of nitriles is 1. The van der Waals surface area contributed by atoms with Crippen molar-refractivity contribution in [3.8, 4) is 16.8 Å². The van der Waals surface area contributed by atoms with Gasteiger partial charge in [-0.1, -0.05) is 17.3 Å². The molecule has 0 aliphatic heterocycles. The number of benzene rings is 1. The van der Waals surface area contributed by atoms with E-state index >= 15 is 0 Å². The SMILES string of the molecule is N#Cc1ccsc1-c1nc(Cc2cccc(F)c2)no1. The zero-order chi connectivity index (χ0) is 13.9. The number of halogens is 1. The van der Waals surface area contributed by atoms with Crippen molar-refractivity contribution in [2.24, 2.45) is 0 Å². The normalized spacial score (nSPS) is 10.4. The number of thiophene rings is 1. The van der Waals surface area contributed by atoms with Crippen LogP contribution in [0.2, 0.25) is 0 Å². The highest BCUT2D eigenvalue weighted by atomic mass is 32.1. The Hall–Kier alpha value is -2.52. The second kappa shape index (κ2) is 5.23. The number of aromatic nitrogens is 2. The molecular formula is C14H8FN3OS. The van der Waals surface area contributed by atoms with Gasteiger partial charge < -0.3 is 4.52 Å². The Morgan fingerprint density at radius 1 is 1.35 bits per heavy atom. The van der Waals surface area contributed by atoms with Crippen LogP contribution in [0.4, 0.5) is 4.39 Å². The maximum Gasteiger partial charge on any atom is 0.269 e. The highest BCUT2D eigenvalue weighted by molar-refractivity contribution is 7.13. The summed E-state index contributed by atoms with van der Waals surface area (Å²) < 4.78 is 18.3. The maximum atomic E-state index is 13.1. The molecule has 2 aromatic heterocycles. The summed E-state index contributed by atoms with van der Waals surface area (Å²) >= 11 is 1.37. The lowest BCUT2D eigenvalue weighted by atomic mass is 10.1. The maximum absolute atomic E-state index is 13.1. The van der Waals surface area contributed by atoms with E-state index in [0.29, 0.717) is 28.6 Å². The Labute approximate surface area is 118 Å². The van der Waals surface area contributed by atoms with Gasteiger partial charge in [0.05, 0.1) is 5.56 Å². The molecular weight excluding hydrogens is 277 g/mol. The molecule has 0 aliphatic rings. The number of hydrogen-bond donors (Lipinski definition) is 0. The summed E-state index contributed by atoms with van der Waals surface area (Å²) in [6, 6.07) is 10.0. The fourth-order valence-corrected chi connectivity index (χ4v) is 2.58. The highest BCUT2D eigenvalue weighted by Crippen LogP contribution is 2.27. The van der Waals surface area contributed by atoms with E-state index in [2.05, 4.69) is 16.2 Å². The molecule has 0 bridgehead atoms. The third kappa shape index (κ3) is 2.44. The first-order valence-corrected chi connectivity index (χ1v) is 6.69. The first kappa shape index (κ1) is 12.5. The van der Waals surface area contributed by atoms with Gasteiger partial charge in [-0.05, 0) is 29.1 Å². The molecule has 0 saturated carbocycles. The van der Waals surface area contributed by atoms with Crippen LogP contribution in [0.25, 0.3) is 10.8 Å². The minimum absolute atomic E-state index is 0.295. The first-order valence-electron chi connectivity index (χ1n) is 5.81. The summed E-state index contributed by atoms with van der Waals surface area (Å²) in [5.74, 6) is 0.488. The second-order valence-corrected chi connectivity index (χ2v) is 5.01. The van der Waals surface area contributed by atoms with Crippen molar-refractivity contribution in [3.05, 3.63) is 58.5 Å². The highest BCUT2D eigenvalue weighted by Gasteiger charge is 2.14. The first-order chi connectivity index (χ1) is 9.76. The summed E-state index contributed by atoms with van der Waals surface area (Å²) in [6.45, 7) is 0. The molecule has 0 amide bonds.